The lowest BCUT2D eigenvalue weighted by Crippen LogP contribution is -2.15. The van der Waals surface area contributed by atoms with Gasteiger partial charge in [0, 0.05) is 5.41 Å². The fourth-order valence-corrected chi connectivity index (χ4v) is 3.25. The predicted octanol–water partition coefficient (Wildman–Crippen LogP) is 5.01. The van der Waals surface area contributed by atoms with E-state index in [0.29, 0.717) is 0 Å². The summed E-state index contributed by atoms with van der Waals surface area (Å²) in [5, 5.41) is 14.5. The lowest BCUT2D eigenvalue weighted by atomic mass is 9.90. The normalized spacial score (nSPS) is 13.7. The summed E-state index contributed by atoms with van der Waals surface area (Å²) in [4.78, 5) is 0.962. The topological polar surface area (TPSA) is 46.0 Å². The van der Waals surface area contributed by atoms with Crippen LogP contribution in [0.3, 0.4) is 0 Å². The van der Waals surface area contributed by atoms with Crippen LogP contribution in [0.1, 0.15) is 95.7 Å². The van der Waals surface area contributed by atoms with Crippen molar-refractivity contribution < 1.29 is 5.11 Å². The highest BCUT2D eigenvalue weighted by atomic mass is 32.1. The molecule has 0 saturated heterocycles. The highest BCUT2D eigenvalue weighted by molar-refractivity contribution is 7.05. The molecule has 0 aliphatic heterocycles. The van der Waals surface area contributed by atoms with Crippen LogP contribution in [0.4, 0.5) is 0 Å². The lowest BCUT2D eigenvalue weighted by molar-refractivity contribution is 0.164. The Bertz CT molecular complexity index is 371. The first-order valence-electron chi connectivity index (χ1n) is 7.97. The Hall–Kier alpha value is -0.480. The number of hydrogen-bond donors (Lipinski definition) is 1. The summed E-state index contributed by atoms with van der Waals surface area (Å²) < 4.78 is 4.02. The molecular formula is C16H30N2OS. The molecule has 20 heavy (non-hydrogen) atoms. The van der Waals surface area contributed by atoms with Crippen molar-refractivity contribution in [3.8, 4) is 0 Å². The van der Waals surface area contributed by atoms with Crippen molar-refractivity contribution in [3.05, 3.63) is 10.6 Å². The maximum Gasteiger partial charge on any atom is 0.0917 e. The zero-order valence-corrected chi connectivity index (χ0v) is 14.3. The largest absolute Gasteiger partial charge is 0.387 e. The molecule has 1 atom stereocenters. The second-order valence-electron chi connectivity index (χ2n) is 6.66. The standard InChI is InChI=1S/C16H30N2OS/c1-5-6-7-8-9-10-11-12-13(19)14-15(16(2,3)4)17-18-20-14/h13,19H,5-12H2,1-4H3. The molecule has 0 bridgehead atoms. The van der Waals surface area contributed by atoms with Crippen LogP contribution in [0.5, 0.6) is 0 Å². The van der Waals surface area contributed by atoms with Crippen LogP contribution in [0.25, 0.3) is 0 Å². The molecule has 0 aromatic carbocycles. The molecule has 116 valence electrons. The van der Waals surface area contributed by atoms with E-state index in [0.717, 1.165) is 23.4 Å². The number of aliphatic hydroxyl groups excluding tert-OH is 1. The SMILES string of the molecule is CCCCCCCCCC(O)c1snnc1C(C)(C)C. The van der Waals surface area contributed by atoms with Crippen LogP contribution in [0, 0.1) is 0 Å². The van der Waals surface area contributed by atoms with Crippen LogP contribution in [0.15, 0.2) is 0 Å². The minimum absolute atomic E-state index is 0.0382. The van der Waals surface area contributed by atoms with Gasteiger partial charge in [-0.25, -0.2) is 0 Å². The second kappa shape index (κ2) is 8.73. The molecule has 0 aliphatic carbocycles. The molecule has 0 saturated carbocycles. The summed E-state index contributed by atoms with van der Waals surface area (Å²) in [6.07, 6.45) is 9.38. The van der Waals surface area contributed by atoms with E-state index in [1.807, 2.05) is 0 Å². The van der Waals surface area contributed by atoms with Gasteiger partial charge in [0.15, 0.2) is 0 Å². The minimum atomic E-state index is -0.389. The first-order chi connectivity index (χ1) is 9.46. The first-order valence-corrected chi connectivity index (χ1v) is 8.75. The van der Waals surface area contributed by atoms with E-state index in [9.17, 15) is 5.11 Å². The van der Waals surface area contributed by atoms with Crippen molar-refractivity contribution in [2.24, 2.45) is 0 Å². The van der Waals surface area contributed by atoms with Gasteiger partial charge in [-0.2, -0.15) is 0 Å². The number of aromatic nitrogens is 2. The maximum atomic E-state index is 10.3. The third kappa shape index (κ3) is 5.88. The van der Waals surface area contributed by atoms with Gasteiger partial charge in [0.05, 0.1) is 16.7 Å². The highest BCUT2D eigenvalue weighted by Gasteiger charge is 2.25. The summed E-state index contributed by atoms with van der Waals surface area (Å²) in [5.41, 5.74) is 0.918. The lowest BCUT2D eigenvalue weighted by Gasteiger charge is -2.18. The maximum absolute atomic E-state index is 10.3. The molecule has 0 spiro atoms. The van der Waals surface area contributed by atoms with Crippen molar-refractivity contribution >= 4 is 11.5 Å². The molecule has 1 rings (SSSR count). The van der Waals surface area contributed by atoms with Crippen LogP contribution in [0.2, 0.25) is 0 Å². The summed E-state index contributed by atoms with van der Waals surface area (Å²) in [6.45, 7) is 8.60. The number of unbranched alkanes of at least 4 members (excludes halogenated alkanes) is 6. The van der Waals surface area contributed by atoms with Crippen LogP contribution in [-0.2, 0) is 5.41 Å². The molecule has 0 radical (unpaired) electrons. The zero-order chi connectivity index (χ0) is 15.0. The molecule has 1 unspecified atom stereocenters. The van der Waals surface area contributed by atoms with Crippen molar-refractivity contribution in [3.63, 3.8) is 0 Å². The predicted molar refractivity (Wildman–Crippen MR) is 86.2 cm³/mol. The van der Waals surface area contributed by atoms with E-state index in [-0.39, 0.29) is 11.5 Å². The van der Waals surface area contributed by atoms with Crippen LogP contribution < -0.4 is 0 Å². The van der Waals surface area contributed by atoms with Gasteiger partial charge >= 0.3 is 0 Å². The number of hydrogen-bond acceptors (Lipinski definition) is 4. The average Bonchev–Trinajstić information content (AvgIpc) is 2.86. The van der Waals surface area contributed by atoms with Gasteiger partial charge in [-0.05, 0) is 18.0 Å². The summed E-state index contributed by atoms with van der Waals surface area (Å²) in [5.74, 6) is 0. The Kier molecular flexibility index (Phi) is 7.67. The quantitative estimate of drug-likeness (QED) is 0.652. The first kappa shape index (κ1) is 17.6. The second-order valence-corrected chi connectivity index (χ2v) is 7.45. The van der Waals surface area contributed by atoms with E-state index < -0.39 is 0 Å². The molecule has 3 nitrogen and oxygen atoms in total. The molecule has 1 aromatic rings. The molecule has 4 heteroatoms. The van der Waals surface area contributed by atoms with Crippen LogP contribution in [-0.4, -0.2) is 14.7 Å². The van der Waals surface area contributed by atoms with Crippen LogP contribution >= 0.6 is 11.5 Å². The Morgan fingerprint density at radius 1 is 1.05 bits per heavy atom. The third-order valence-electron chi connectivity index (χ3n) is 3.61. The Labute approximate surface area is 128 Å². The van der Waals surface area contributed by atoms with E-state index in [4.69, 9.17) is 0 Å². The van der Waals surface area contributed by atoms with E-state index in [1.165, 1.54) is 50.1 Å². The number of aliphatic hydroxyl groups is 1. The van der Waals surface area contributed by atoms with Gasteiger partial charge in [-0.1, -0.05) is 77.1 Å². The Morgan fingerprint density at radius 3 is 2.25 bits per heavy atom. The summed E-state index contributed by atoms with van der Waals surface area (Å²) in [7, 11) is 0. The van der Waals surface area contributed by atoms with Crippen molar-refractivity contribution in [1.29, 1.82) is 0 Å². The van der Waals surface area contributed by atoms with Crippen molar-refractivity contribution in [1.82, 2.24) is 9.59 Å². The highest BCUT2D eigenvalue weighted by Crippen LogP contribution is 2.32. The van der Waals surface area contributed by atoms with Gasteiger partial charge in [-0.15, -0.1) is 5.10 Å². The smallest absolute Gasteiger partial charge is 0.0917 e. The van der Waals surface area contributed by atoms with Gasteiger partial charge < -0.3 is 5.11 Å². The van der Waals surface area contributed by atoms with Gasteiger partial charge in [-0.3, -0.25) is 0 Å². The summed E-state index contributed by atoms with van der Waals surface area (Å²) in [6, 6.07) is 0. The Morgan fingerprint density at radius 2 is 1.65 bits per heavy atom. The van der Waals surface area contributed by atoms with Gasteiger partial charge in [0.1, 0.15) is 0 Å². The third-order valence-corrected chi connectivity index (χ3v) is 4.43. The summed E-state index contributed by atoms with van der Waals surface area (Å²) >= 11 is 1.35. The zero-order valence-electron chi connectivity index (χ0n) is 13.5. The van der Waals surface area contributed by atoms with Gasteiger partial charge in [0.25, 0.3) is 0 Å². The van der Waals surface area contributed by atoms with Gasteiger partial charge in [0.2, 0.25) is 0 Å². The minimum Gasteiger partial charge on any atom is -0.387 e. The van der Waals surface area contributed by atoms with Crippen molar-refractivity contribution in [2.75, 3.05) is 0 Å². The fourth-order valence-electron chi connectivity index (χ4n) is 2.36. The molecule has 1 N–H and O–H groups in total. The van der Waals surface area contributed by atoms with E-state index in [2.05, 4.69) is 37.3 Å². The van der Waals surface area contributed by atoms with E-state index >= 15 is 0 Å². The number of nitrogens with zero attached hydrogens (tertiary/aromatic N) is 2. The Balaban J connectivity index is 2.30. The molecular weight excluding hydrogens is 268 g/mol. The van der Waals surface area contributed by atoms with Crippen molar-refractivity contribution in [2.45, 2.75) is 90.6 Å². The van der Waals surface area contributed by atoms with E-state index in [1.54, 1.807) is 0 Å². The molecule has 0 amide bonds. The molecule has 1 aromatic heterocycles. The monoisotopic (exact) mass is 298 g/mol. The average molecular weight is 298 g/mol. The molecule has 0 aliphatic rings. The molecule has 1 heterocycles. The fraction of sp³-hybridized carbons (Fsp3) is 0.875. The molecule has 0 fully saturated rings. The number of rotatable bonds is 9.